The molecule has 2 heterocycles. The second-order valence-electron chi connectivity index (χ2n) is 9.04. The van der Waals surface area contributed by atoms with Crippen LogP contribution in [-0.4, -0.2) is 55.9 Å². The van der Waals surface area contributed by atoms with Gasteiger partial charge in [0.15, 0.2) is 16.7 Å². The summed E-state index contributed by atoms with van der Waals surface area (Å²) in [6, 6.07) is 19.8. The van der Waals surface area contributed by atoms with Crippen LogP contribution in [0.5, 0.6) is 11.5 Å². The van der Waals surface area contributed by atoms with Crippen LogP contribution < -0.4 is 14.4 Å². The summed E-state index contributed by atoms with van der Waals surface area (Å²) in [6.07, 6.45) is 1.83. The minimum Gasteiger partial charge on any atom is -0.490 e. The van der Waals surface area contributed by atoms with Crippen molar-refractivity contribution in [3.63, 3.8) is 0 Å². The van der Waals surface area contributed by atoms with Crippen molar-refractivity contribution in [3.8, 4) is 11.5 Å². The van der Waals surface area contributed by atoms with Crippen molar-refractivity contribution in [3.05, 3.63) is 88.6 Å². The summed E-state index contributed by atoms with van der Waals surface area (Å²) in [6.45, 7) is 5.78. The van der Waals surface area contributed by atoms with Crippen molar-refractivity contribution in [1.82, 2.24) is 4.90 Å². The molecule has 0 unspecified atom stereocenters. The number of halogens is 1. The van der Waals surface area contributed by atoms with E-state index in [0.717, 1.165) is 48.8 Å². The van der Waals surface area contributed by atoms with Crippen LogP contribution in [0.4, 0.5) is 15.8 Å². The van der Waals surface area contributed by atoms with Gasteiger partial charge in [-0.2, -0.15) is 0 Å². The van der Waals surface area contributed by atoms with E-state index in [1.165, 1.54) is 23.9 Å². The van der Waals surface area contributed by atoms with E-state index in [9.17, 15) is 9.18 Å². The van der Waals surface area contributed by atoms with Gasteiger partial charge in [0.05, 0.1) is 30.4 Å². The average molecular weight is 548 g/mol. The molecule has 0 atom stereocenters. The maximum absolute atomic E-state index is 13.5. The Morgan fingerprint density at radius 2 is 1.82 bits per heavy atom. The van der Waals surface area contributed by atoms with Crippen molar-refractivity contribution in [2.75, 3.05) is 44.9 Å². The van der Waals surface area contributed by atoms with Crippen LogP contribution in [0, 0.1) is 5.82 Å². The topological polar surface area (TPSA) is 63.6 Å². The van der Waals surface area contributed by atoms with Gasteiger partial charge in [0.25, 0.3) is 5.91 Å². The third kappa shape index (κ3) is 6.61. The van der Waals surface area contributed by atoms with E-state index in [-0.39, 0.29) is 18.3 Å². The van der Waals surface area contributed by atoms with Gasteiger partial charge in [-0.15, -0.1) is 0 Å². The van der Waals surface area contributed by atoms with Crippen molar-refractivity contribution >= 4 is 40.3 Å². The molecule has 9 heteroatoms. The summed E-state index contributed by atoms with van der Waals surface area (Å²) in [5.41, 5.74) is 3.45. The summed E-state index contributed by atoms with van der Waals surface area (Å²) < 4.78 is 30.6. The van der Waals surface area contributed by atoms with Gasteiger partial charge >= 0.3 is 0 Å². The van der Waals surface area contributed by atoms with Crippen molar-refractivity contribution < 1.29 is 23.4 Å². The van der Waals surface area contributed by atoms with E-state index >= 15 is 0 Å². The number of carbonyl (C=O) groups excluding carboxylic acids is 1. The fourth-order valence-corrected chi connectivity index (χ4v) is 5.25. The monoisotopic (exact) mass is 547 g/mol. The molecular formula is C30H30FN3O4S. The number of nitrogens with zero attached hydrogens (tertiary/aromatic N) is 3. The van der Waals surface area contributed by atoms with Crippen molar-refractivity contribution in [2.45, 2.75) is 13.5 Å². The Labute approximate surface area is 231 Å². The van der Waals surface area contributed by atoms with Gasteiger partial charge in [0.2, 0.25) is 0 Å². The maximum Gasteiger partial charge on any atom is 0.266 e. The molecule has 2 aliphatic rings. The number of amidine groups is 1. The second kappa shape index (κ2) is 12.4. The summed E-state index contributed by atoms with van der Waals surface area (Å²) in [5, 5.41) is 0.616. The predicted molar refractivity (Wildman–Crippen MR) is 153 cm³/mol. The first-order valence-corrected chi connectivity index (χ1v) is 13.6. The van der Waals surface area contributed by atoms with Gasteiger partial charge in [-0.25, -0.2) is 9.38 Å². The minimum absolute atomic E-state index is 0.118. The number of morpholine rings is 1. The van der Waals surface area contributed by atoms with Crippen LogP contribution in [0.1, 0.15) is 18.1 Å². The average Bonchev–Trinajstić information content (AvgIpc) is 3.21. The maximum atomic E-state index is 13.5. The Morgan fingerprint density at radius 1 is 1.03 bits per heavy atom. The molecule has 2 aliphatic heterocycles. The van der Waals surface area contributed by atoms with Gasteiger partial charge in [0, 0.05) is 25.8 Å². The van der Waals surface area contributed by atoms with Crippen LogP contribution in [0.3, 0.4) is 0 Å². The number of ether oxygens (including phenoxy) is 3. The first-order valence-electron chi connectivity index (χ1n) is 12.8. The minimum atomic E-state index is -0.306. The lowest BCUT2D eigenvalue weighted by molar-refractivity contribution is -0.121. The van der Waals surface area contributed by atoms with Crippen LogP contribution in [-0.2, 0) is 16.1 Å². The fraction of sp³-hybridized carbons (Fsp3) is 0.267. The number of thioether (sulfide) groups is 1. The zero-order valence-electron chi connectivity index (χ0n) is 21.9. The summed E-state index contributed by atoms with van der Waals surface area (Å²) in [4.78, 5) is 22.1. The van der Waals surface area contributed by atoms with E-state index in [4.69, 9.17) is 19.2 Å². The molecule has 0 radical (unpaired) electrons. The fourth-order valence-electron chi connectivity index (χ4n) is 4.26. The Bertz CT molecular complexity index is 1390. The number of aliphatic imine (C=N–C) groups is 1. The second-order valence-corrected chi connectivity index (χ2v) is 10.1. The molecule has 5 rings (SSSR count). The lowest BCUT2D eigenvalue weighted by Crippen LogP contribution is -2.36. The number of benzene rings is 3. The highest BCUT2D eigenvalue weighted by Crippen LogP contribution is 2.36. The Balaban J connectivity index is 1.30. The summed E-state index contributed by atoms with van der Waals surface area (Å²) in [7, 11) is 1.73. The quantitative estimate of drug-likeness (QED) is 0.329. The zero-order valence-corrected chi connectivity index (χ0v) is 22.7. The highest BCUT2D eigenvalue weighted by molar-refractivity contribution is 8.18. The van der Waals surface area contributed by atoms with Gasteiger partial charge in [-0.1, -0.05) is 18.2 Å². The lowest BCUT2D eigenvalue weighted by Gasteiger charge is -2.28. The molecule has 2 saturated heterocycles. The molecule has 39 heavy (non-hydrogen) atoms. The third-order valence-electron chi connectivity index (χ3n) is 6.30. The number of hydrogen-bond donors (Lipinski definition) is 0. The standard InChI is InChI=1S/C30H30FN3O4S/c1-3-37-27-18-21(7-12-26(27)38-20-22-5-4-6-23(31)17-22)19-28-29(35)33(2)30(39-28)32-24-8-10-25(11-9-24)34-13-15-36-16-14-34/h4-12,17-19H,3,13-16,20H2,1-2H3/b28-19-,32-30?. The molecule has 0 aliphatic carbocycles. The van der Waals surface area contributed by atoms with E-state index in [2.05, 4.69) is 17.0 Å². The molecule has 0 saturated carbocycles. The molecule has 1 amide bonds. The molecule has 0 spiro atoms. The van der Waals surface area contributed by atoms with Gasteiger partial charge < -0.3 is 19.1 Å². The molecule has 0 aromatic heterocycles. The van der Waals surface area contributed by atoms with E-state index < -0.39 is 0 Å². The molecular weight excluding hydrogens is 517 g/mol. The van der Waals surface area contributed by atoms with E-state index in [1.807, 2.05) is 37.3 Å². The van der Waals surface area contributed by atoms with E-state index in [1.54, 1.807) is 30.1 Å². The number of anilines is 1. The first kappa shape index (κ1) is 26.8. The zero-order chi connectivity index (χ0) is 27.2. The Hall–Kier alpha value is -3.82. The van der Waals surface area contributed by atoms with Crippen LogP contribution in [0.2, 0.25) is 0 Å². The third-order valence-corrected chi connectivity index (χ3v) is 7.36. The predicted octanol–water partition coefficient (Wildman–Crippen LogP) is 5.87. The van der Waals surface area contributed by atoms with Crippen molar-refractivity contribution in [1.29, 1.82) is 0 Å². The number of hydrogen-bond acceptors (Lipinski definition) is 7. The highest BCUT2D eigenvalue weighted by Gasteiger charge is 2.30. The Kier molecular flexibility index (Phi) is 8.48. The van der Waals surface area contributed by atoms with Crippen LogP contribution in [0.15, 0.2) is 76.6 Å². The molecule has 0 bridgehead atoms. The Morgan fingerprint density at radius 3 is 2.56 bits per heavy atom. The smallest absolute Gasteiger partial charge is 0.266 e. The van der Waals surface area contributed by atoms with Gasteiger partial charge in [-0.3, -0.25) is 9.69 Å². The molecule has 2 fully saturated rings. The highest BCUT2D eigenvalue weighted by atomic mass is 32.2. The SMILES string of the molecule is CCOc1cc(/C=C2\SC(=Nc3ccc(N4CCOCC4)cc3)N(C)C2=O)ccc1OCc1cccc(F)c1. The number of carbonyl (C=O) groups is 1. The number of rotatable bonds is 8. The molecule has 3 aromatic carbocycles. The molecule has 0 N–H and O–H groups in total. The van der Waals surface area contributed by atoms with Crippen molar-refractivity contribution in [2.24, 2.45) is 4.99 Å². The first-order chi connectivity index (χ1) is 19.0. The van der Waals surface area contributed by atoms with Crippen LogP contribution in [0.25, 0.3) is 6.08 Å². The summed E-state index contributed by atoms with van der Waals surface area (Å²) >= 11 is 1.33. The van der Waals surface area contributed by atoms with Crippen LogP contribution >= 0.6 is 11.8 Å². The van der Waals surface area contributed by atoms with Gasteiger partial charge in [0.1, 0.15) is 12.4 Å². The largest absolute Gasteiger partial charge is 0.490 e. The number of amides is 1. The normalized spacial score (nSPS) is 17.8. The number of likely N-dealkylation sites (N-methyl/N-ethyl adjacent to an activating group) is 1. The summed E-state index contributed by atoms with van der Waals surface area (Å²) in [5.74, 6) is 0.683. The molecule has 202 valence electrons. The molecule has 7 nitrogen and oxygen atoms in total. The van der Waals surface area contributed by atoms with Gasteiger partial charge in [-0.05, 0) is 84.4 Å². The lowest BCUT2D eigenvalue weighted by atomic mass is 10.1. The van der Waals surface area contributed by atoms with E-state index in [0.29, 0.717) is 28.2 Å². The molecule has 3 aromatic rings.